The SMILES string of the molecule is COc1cc2c(=O)n(-c3cc(F)cc4[nH]ccc34)cc(C(=O)N3CCC(F)CC3)c2cn1. The zero-order chi connectivity index (χ0) is 22.4. The van der Waals surface area contributed by atoms with Crippen LogP contribution in [0.25, 0.3) is 27.4 Å². The third-order valence-corrected chi connectivity index (χ3v) is 5.90. The van der Waals surface area contributed by atoms with Crippen LogP contribution in [0.3, 0.4) is 0 Å². The number of fused-ring (bicyclic) bond motifs is 2. The number of alkyl halides is 1. The van der Waals surface area contributed by atoms with E-state index in [2.05, 4.69) is 9.97 Å². The minimum absolute atomic E-state index is 0.218. The highest BCUT2D eigenvalue weighted by molar-refractivity contribution is 6.06. The van der Waals surface area contributed by atoms with Crippen molar-refractivity contribution in [2.75, 3.05) is 20.2 Å². The average molecular weight is 438 g/mol. The second kappa shape index (κ2) is 7.74. The molecule has 164 valence electrons. The fourth-order valence-corrected chi connectivity index (χ4v) is 4.21. The zero-order valence-electron chi connectivity index (χ0n) is 17.3. The first-order valence-corrected chi connectivity index (χ1v) is 10.3. The smallest absolute Gasteiger partial charge is 0.263 e. The number of rotatable bonds is 3. The van der Waals surface area contributed by atoms with Crippen molar-refractivity contribution in [3.05, 3.63) is 64.6 Å². The second-order valence-electron chi connectivity index (χ2n) is 7.82. The number of likely N-dealkylation sites (tertiary alicyclic amines) is 1. The Morgan fingerprint density at radius 2 is 1.97 bits per heavy atom. The Kier molecular flexibility index (Phi) is 4.88. The highest BCUT2D eigenvalue weighted by Crippen LogP contribution is 2.27. The first kappa shape index (κ1) is 20.2. The third-order valence-electron chi connectivity index (χ3n) is 5.90. The first-order chi connectivity index (χ1) is 15.5. The molecule has 32 heavy (non-hydrogen) atoms. The average Bonchev–Trinajstić information content (AvgIpc) is 3.27. The highest BCUT2D eigenvalue weighted by atomic mass is 19.1. The van der Waals surface area contributed by atoms with Crippen molar-refractivity contribution in [2.45, 2.75) is 19.0 Å². The molecule has 9 heteroatoms. The first-order valence-electron chi connectivity index (χ1n) is 10.3. The quantitative estimate of drug-likeness (QED) is 0.530. The predicted octanol–water partition coefficient (Wildman–Crippen LogP) is 3.59. The van der Waals surface area contributed by atoms with Crippen LogP contribution in [0.4, 0.5) is 8.78 Å². The summed E-state index contributed by atoms with van der Waals surface area (Å²) in [7, 11) is 1.43. The molecule has 1 aliphatic heterocycles. The molecule has 1 saturated heterocycles. The maximum atomic E-state index is 14.3. The van der Waals surface area contributed by atoms with Crippen LogP contribution in [0, 0.1) is 5.82 Å². The minimum Gasteiger partial charge on any atom is -0.481 e. The topological polar surface area (TPSA) is 80.2 Å². The molecule has 1 amide bonds. The van der Waals surface area contributed by atoms with E-state index in [4.69, 9.17) is 4.74 Å². The number of benzene rings is 1. The summed E-state index contributed by atoms with van der Waals surface area (Å²) in [6.07, 6.45) is 4.10. The number of H-pyrrole nitrogens is 1. The second-order valence-corrected chi connectivity index (χ2v) is 7.82. The molecule has 7 nitrogen and oxygen atoms in total. The largest absolute Gasteiger partial charge is 0.481 e. The van der Waals surface area contributed by atoms with Crippen molar-refractivity contribution in [2.24, 2.45) is 0 Å². The van der Waals surface area contributed by atoms with Crippen LogP contribution in [0.1, 0.15) is 23.2 Å². The Morgan fingerprint density at radius 1 is 1.19 bits per heavy atom. The molecular formula is C23H20F2N4O3. The number of carbonyl (C=O) groups excluding carboxylic acids is 1. The maximum Gasteiger partial charge on any atom is 0.263 e. The maximum absolute atomic E-state index is 14.3. The summed E-state index contributed by atoms with van der Waals surface area (Å²) in [5.41, 5.74) is 0.630. The Labute approximate surface area is 181 Å². The molecule has 0 bridgehead atoms. The predicted molar refractivity (Wildman–Crippen MR) is 116 cm³/mol. The molecule has 0 aliphatic carbocycles. The molecule has 0 spiro atoms. The van der Waals surface area contributed by atoms with Crippen LogP contribution in [0.5, 0.6) is 5.88 Å². The summed E-state index contributed by atoms with van der Waals surface area (Å²) in [6.45, 7) is 0.568. The van der Waals surface area contributed by atoms with E-state index in [0.717, 1.165) is 0 Å². The molecule has 5 rings (SSSR count). The van der Waals surface area contributed by atoms with Crippen LogP contribution in [0.2, 0.25) is 0 Å². The lowest BCUT2D eigenvalue weighted by atomic mass is 10.0. The molecule has 4 heterocycles. The van der Waals surface area contributed by atoms with Gasteiger partial charge in [-0.25, -0.2) is 13.8 Å². The Balaban J connectivity index is 1.77. The van der Waals surface area contributed by atoms with Crippen LogP contribution >= 0.6 is 0 Å². The van der Waals surface area contributed by atoms with Gasteiger partial charge < -0.3 is 14.6 Å². The summed E-state index contributed by atoms with van der Waals surface area (Å²) >= 11 is 0. The molecule has 1 aliphatic rings. The normalized spacial score (nSPS) is 14.9. The summed E-state index contributed by atoms with van der Waals surface area (Å²) in [6, 6.07) is 5.80. The molecule has 0 radical (unpaired) electrons. The van der Waals surface area contributed by atoms with Gasteiger partial charge in [-0.2, -0.15) is 0 Å². The van der Waals surface area contributed by atoms with Gasteiger partial charge in [-0.3, -0.25) is 14.2 Å². The molecular weight excluding hydrogens is 418 g/mol. The van der Waals surface area contributed by atoms with Gasteiger partial charge >= 0.3 is 0 Å². The van der Waals surface area contributed by atoms with E-state index in [1.165, 1.54) is 42.3 Å². The highest BCUT2D eigenvalue weighted by Gasteiger charge is 2.26. The molecule has 3 aromatic heterocycles. The van der Waals surface area contributed by atoms with Gasteiger partial charge in [0.1, 0.15) is 12.0 Å². The van der Waals surface area contributed by atoms with Gasteiger partial charge in [-0.15, -0.1) is 0 Å². The minimum atomic E-state index is -0.926. The molecule has 0 saturated carbocycles. The fraction of sp³-hybridized carbons (Fsp3) is 0.261. The van der Waals surface area contributed by atoms with E-state index in [9.17, 15) is 18.4 Å². The molecule has 4 aromatic rings. The van der Waals surface area contributed by atoms with Crippen LogP contribution in [0.15, 0.2) is 47.7 Å². The summed E-state index contributed by atoms with van der Waals surface area (Å²) < 4.78 is 34.4. The lowest BCUT2D eigenvalue weighted by molar-refractivity contribution is 0.0668. The Bertz CT molecular complexity index is 1400. The van der Waals surface area contributed by atoms with Gasteiger partial charge in [-0.05, 0) is 31.0 Å². The number of methoxy groups -OCH3 is 1. The summed E-state index contributed by atoms with van der Waals surface area (Å²) in [4.78, 5) is 35.5. The number of piperidine rings is 1. The van der Waals surface area contributed by atoms with E-state index in [1.54, 1.807) is 17.2 Å². The number of ether oxygens (including phenoxy) is 1. The van der Waals surface area contributed by atoms with Crippen molar-refractivity contribution in [1.29, 1.82) is 0 Å². The number of aromatic amines is 1. The third kappa shape index (κ3) is 3.30. The van der Waals surface area contributed by atoms with Gasteiger partial charge in [-0.1, -0.05) is 0 Å². The standard InChI is InChI=1S/C23H20F2N4O3/c1-32-21-10-16-17(11-27-21)18(22(30)28-6-3-13(24)4-7-28)12-29(23(16)31)20-9-14(25)8-19-15(20)2-5-26-19/h2,5,8-13,26H,3-4,6-7H2,1H3. The van der Waals surface area contributed by atoms with Gasteiger partial charge in [0.25, 0.3) is 11.5 Å². The number of halogens is 2. The number of hydrogen-bond acceptors (Lipinski definition) is 4. The number of aromatic nitrogens is 3. The van der Waals surface area contributed by atoms with Crippen molar-refractivity contribution in [3.63, 3.8) is 0 Å². The lowest BCUT2D eigenvalue weighted by Crippen LogP contribution is -2.39. The molecule has 1 fully saturated rings. The van der Waals surface area contributed by atoms with Crippen molar-refractivity contribution >= 4 is 27.6 Å². The van der Waals surface area contributed by atoms with Gasteiger partial charge in [0, 0.05) is 48.5 Å². The van der Waals surface area contributed by atoms with Crippen molar-refractivity contribution < 1.29 is 18.3 Å². The molecule has 1 aromatic carbocycles. The van der Waals surface area contributed by atoms with Crippen LogP contribution in [-0.4, -0.2) is 51.7 Å². The number of carbonyl (C=O) groups is 1. The zero-order valence-corrected chi connectivity index (χ0v) is 17.3. The Hall–Kier alpha value is -3.75. The monoisotopic (exact) mass is 438 g/mol. The van der Waals surface area contributed by atoms with E-state index < -0.39 is 17.5 Å². The Morgan fingerprint density at radius 3 is 2.72 bits per heavy atom. The van der Waals surface area contributed by atoms with Gasteiger partial charge in [0.15, 0.2) is 0 Å². The van der Waals surface area contributed by atoms with E-state index in [0.29, 0.717) is 22.0 Å². The van der Waals surface area contributed by atoms with Crippen LogP contribution < -0.4 is 10.3 Å². The lowest BCUT2D eigenvalue weighted by Gasteiger charge is -2.29. The van der Waals surface area contributed by atoms with E-state index in [1.807, 2.05) is 0 Å². The molecule has 0 unspecified atom stereocenters. The van der Waals surface area contributed by atoms with Crippen molar-refractivity contribution in [1.82, 2.24) is 19.4 Å². The molecule has 1 N–H and O–H groups in total. The van der Waals surface area contributed by atoms with Crippen molar-refractivity contribution in [3.8, 4) is 11.6 Å². The number of nitrogens with one attached hydrogen (secondary N) is 1. The summed E-state index contributed by atoms with van der Waals surface area (Å²) in [5, 5.41) is 1.21. The number of pyridine rings is 2. The number of nitrogens with zero attached hydrogens (tertiary/aromatic N) is 3. The number of hydrogen-bond donors (Lipinski definition) is 1. The van der Waals surface area contributed by atoms with Gasteiger partial charge in [0.2, 0.25) is 5.88 Å². The van der Waals surface area contributed by atoms with E-state index in [-0.39, 0.29) is 48.7 Å². The summed E-state index contributed by atoms with van der Waals surface area (Å²) in [5.74, 6) is -0.633. The van der Waals surface area contributed by atoms with Gasteiger partial charge in [0.05, 0.1) is 29.3 Å². The fourth-order valence-electron chi connectivity index (χ4n) is 4.21. The number of amides is 1. The molecule has 0 atom stereocenters. The van der Waals surface area contributed by atoms with E-state index >= 15 is 0 Å². The van der Waals surface area contributed by atoms with Crippen LogP contribution in [-0.2, 0) is 0 Å².